The summed E-state index contributed by atoms with van der Waals surface area (Å²) < 4.78 is 8.08. The van der Waals surface area contributed by atoms with Gasteiger partial charge in [-0.3, -0.25) is 18.9 Å². The molecular formula is C25H25N3O3S2. The van der Waals surface area contributed by atoms with E-state index in [0.29, 0.717) is 27.2 Å². The molecule has 33 heavy (non-hydrogen) atoms. The van der Waals surface area contributed by atoms with Gasteiger partial charge >= 0.3 is 0 Å². The van der Waals surface area contributed by atoms with E-state index in [4.69, 9.17) is 17.0 Å². The summed E-state index contributed by atoms with van der Waals surface area (Å²) in [5.41, 5.74) is 2.41. The molecule has 170 valence electrons. The molecule has 3 aromatic rings. The van der Waals surface area contributed by atoms with Crippen molar-refractivity contribution in [3.05, 3.63) is 74.5 Å². The highest BCUT2D eigenvalue weighted by atomic mass is 32.2. The van der Waals surface area contributed by atoms with E-state index in [2.05, 4.69) is 11.9 Å². The molecule has 0 spiro atoms. The van der Waals surface area contributed by atoms with E-state index in [0.717, 1.165) is 30.4 Å². The minimum Gasteiger partial charge on any atom is -0.438 e. The second kappa shape index (κ2) is 9.89. The predicted molar refractivity (Wildman–Crippen MR) is 137 cm³/mol. The van der Waals surface area contributed by atoms with Crippen LogP contribution < -0.4 is 10.3 Å². The van der Waals surface area contributed by atoms with E-state index in [-0.39, 0.29) is 22.9 Å². The molecule has 1 aliphatic rings. The van der Waals surface area contributed by atoms with Crippen molar-refractivity contribution in [3.8, 4) is 11.6 Å². The van der Waals surface area contributed by atoms with Crippen LogP contribution in [0.1, 0.15) is 42.9 Å². The van der Waals surface area contributed by atoms with Gasteiger partial charge in [-0.15, -0.1) is 0 Å². The molecule has 1 amide bonds. The first kappa shape index (κ1) is 23.2. The minimum atomic E-state index is -0.309. The fourth-order valence-electron chi connectivity index (χ4n) is 3.65. The molecule has 4 rings (SSSR count). The van der Waals surface area contributed by atoms with Gasteiger partial charge in [0.05, 0.1) is 4.91 Å². The number of thiocarbonyl (C=S) groups is 1. The summed E-state index contributed by atoms with van der Waals surface area (Å²) >= 11 is 6.64. The van der Waals surface area contributed by atoms with Gasteiger partial charge in [-0.2, -0.15) is 4.98 Å². The third kappa shape index (κ3) is 4.86. The lowest BCUT2D eigenvalue weighted by atomic mass is 10.1. The molecule has 0 saturated carbocycles. The van der Waals surface area contributed by atoms with Crippen molar-refractivity contribution in [1.29, 1.82) is 0 Å². The van der Waals surface area contributed by atoms with E-state index in [1.54, 1.807) is 29.3 Å². The summed E-state index contributed by atoms with van der Waals surface area (Å²) in [6.45, 7) is 6.64. The standard InChI is InChI=1S/C25H25N3O3S2/c1-4-5-7-13-28-24(30)20(33-25(28)32)15-18-22(31-19-11-10-16(2)14-17(19)3)26-21-9-6-8-12-27(21)23(18)29/h6,8-12,14-15H,4-5,7,13H2,1-3H3/b20-15+. The van der Waals surface area contributed by atoms with E-state index in [1.165, 1.54) is 16.2 Å². The summed E-state index contributed by atoms with van der Waals surface area (Å²) in [6.07, 6.45) is 6.19. The number of pyridine rings is 1. The van der Waals surface area contributed by atoms with E-state index in [1.807, 2.05) is 38.1 Å². The van der Waals surface area contributed by atoms with Crippen LogP contribution in [0.3, 0.4) is 0 Å². The van der Waals surface area contributed by atoms with Crippen LogP contribution in [0.5, 0.6) is 11.6 Å². The summed E-state index contributed by atoms with van der Waals surface area (Å²) in [4.78, 5) is 33.0. The summed E-state index contributed by atoms with van der Waals surface area (Å²) in [5, 5.41) is 0. The lowest BCUT2D eigenvalue weighted by Crippen LogP contribution is -2.29. The lowest BCUT2D eigenvalue weighted by Gasteiger charge is -2.14. The Bertz CT molecular complexity index is 1330. The maximum atomic E-state index is 13.4. The van der Waals surface area contributed by atoms with Gasteiger partial charge in [0, 0.05) is 12.7 Å². The predicted octanol–water partition coefficient (Wildman–Crippen LogP) is 5.50. The minimum absolute atomic E-state index is 0.161. The van der Waals surface area contributed by atoms with Crippen molar-refractivity contribution >= 4 is 45.9 Å². The number of ether oxygens (including phenoxy) is 1. The third-order valence-corrected chi connectivity index (χ3v) is 6.78. The summed E-state index contributed by atoms with van der Waals surface area (Å²) in [5.74, 6) is 0.583. The first-order valence-electron chi connectivity index (χ1n) is 10.9. The largest absolute Gasteiger partial charge is 0.438 e. The number of hydrogen-bond donors (Lipinski definition) is 0. The van der Waals surface area contributed by atoms with Crippen molar-refractivity contribution < 1.29 is 9.53 Å². The Hall–Kier alpha value is -2.97. The zero-order valence-electron chi connectivity index (χ0n) is 18.8. The smallest absolute Gasteiger partial charge is 0.269 e. The van der Waals surface area contributed by atoms with Gasteiger partial charge in [0.25, 0.3) is 11.5 Å². The number of carbonyl (C=O) groups is 1. The summed E-state index contributed by atoms with van der Waals surface area (Å²) in [7, 11) is 0. The van der Waals surface area contributed by atoms with E-state index < -0.39 is 0 Å². The van der Waals surface area contributed by atoms with E-state index in [9.17, 15) is 9.59 Å². The molecule has 0 atom stereocenters. The Morgan fingerprint density at radius 1 is 1.15 bits per heavy atom. The SMILES string of the molecule is CCCCCN1C(=O)/C(=C\c2c(Oc3ccc(C)cc3C)nc3ccccn3c2=O)SC1=S. The lowest BCUT2D eigenvalue weighted by molar-refractivity contribution is -0.122. The molecule has 0 N–H and O–H groups in total. The molecule has 1 fully saturated rings. The molecule has 1 saturated heterocycles. The quantitative estimate of drug-likeness (QED) is 0.253. The average Bonchev–Trinajstić information content (AvgIpc) is 3.05. The molecule has 0 radical (unpaired) electrons. The highest BCUT2D eigenvalue weighted by molar-refractivity contribution is 8.26. The molecule has 2 aromatic heterocycles. The summed E-state index contributed by atoms with van der Waals surface area (Å²) in [6, 6.07) is 11.1. The monoisotopic (exact) mass is 479 g/mol. The van der Waals surface area contributed by atoms with E-state index >= 15 is 0 Å². The van der Waals surface area contributed by atoms with Gasteiger partial charge in [0.15, 0.2) is 0 Å². The molecule has 0 aliphatic carbocycles. The normalized spacial score (nSPS) is 15.1. The van der Waals surface area contributed by atoms with Crippen LogP contribution >= 0.6 is 24.0 Å². The molecule has 8 heteroatoms. The number of rotatable bonds is 7. The van der Waals surface area contributed by atoms with Crippen LogP contribution in [-0.2, 0) is 4.79 Å². The van der Waals surface area contributed by atoms with Gasteiger partial charge in [0.1, 0.15) is 21.3 Å². The number of fused-ring (bicyclic) bond motifs is 1. The highest BCUT2D eigenvalue weighted by Crippen LogP contribution is 2.34. The van der Waals surface area contributed by atoms with Crippen LogP contribution in [0.15, 0.2) is 52.3 Å². The number of aromatic nitrogens is 2. The molecule has 1 aromatic carbocycles. The van der Waals surface area contributed by atoms with Gasteiger partial charge in [-0.05, 0) is 50.1 Å². The Kier molecular flexibility index (Phi) is 6.95. The second-order valence-corrected chi connectivity index (χ2v) is 9.65. The third-order valence-electron chi connectivity index (χ3n) is 5.41. The van der Waals surface area contributed by atoms with Crippen LogP contribution in [0.4, 0.5) is 0 Å². The van der Waals surface area contributed by atoms with Gasteiger partial charge in [-0.1, -0.05) is 67.5 Å². The zero-order valence-corrected chi connectivity index (χ0v) is 20.5. The van der Waals surface area contributed by atoms with Crippen LogP contribution in [0.25, 0.3) is 11.7 Å². The Labute approximate surface area is 202 Å². The highest BCUT2D eigenvalue weighted by Gasteiger charge is 2.32. The van der Waals surface area contributed by atoms with Gasteiger partial charge < -0.3 is 4.74 Å². The average molecular weight is 480 g/mol. The van der Waals surface area contributed by atoms with Crippen molar-refractivity contribution in [2.45, 2.75) is 40.0 Å². The van der Waals surface area contributed by atoms with Crippen LogP contribution in [-0.4, -0.2) is 31.1 Å². The molecule has 0 bridgehead atoms. The van der Waals surface area contributed by atoms with Gasteiger partial charge in [-0.25, -0.2) is 0 Å². The van der Waals surface area contributed by atoms with Crippen molar-refractivity contribution in [2.75, 3.05) is 6.54 Å². The maximum absolute atomic E-state index is 13.4. The second-order valence-electron chi connectivity index (χ2n) is 7.98. The molecular weight excluding hydrogens is 454 g/mol. The van der Waals surface area contributed by atoms with Crippen molar-refractivity contribution in [2.24, 2.45) is 0 Å². The number of carbonyl (C=O) groups excluding carboxylic acids is 1. The number of nitrogens with zero attached hydrogens (tertiary/aromatic N) is 3. The number of thioether (sulfide) groups is 1. The number of aryl methyl sites for hydroxylation is 2. The maximum Gasteiger partial charge on any atom is 0.269 e. The molecule has 3 heterocycles. The topological polar surface area (TPSA) is 63.9 Å². The van der Waals surface area contributed by atoms with Crippen molar-refractivity contribution in [3.63, 3.8) is 0 Å². The van der Waals surface area contributed by atoms with Crippen LogP contribution in [0.2, 0.25) is 0 Å². The number of unbranched alkanes of at least 4 members (excludes halogenated alkanes) is 2. The van der Waals surface area contributed by atoms with Crippen LogP contribution in [0, 0.1) is 13.8 Å². The van der Waals surface area contributed by atoms with Gasteiger partial charge in [0.2, 0.25) is 5.88 Å². The fourth-order valence-corrected chi connectivity index (χ4v) is 4.94. The Morgan fingerprint density at radius 3 is 2.73 bits per heavy atom. The number of benzene rings is 1. The molecule has 6 nitrogen and oxygen atoms in total. The number of hydrogen-bond acceptors (Lipinski definition) is 6. The molecule has 0 unspecified atom stereocenters. The Balaban J connectivity index is 1.78. The first-order chi connectivity index (χ1) is 15.9. The zero-order chi connectivity index (χ0) is 23.5. The molecule has 1 aliphatic heterocycles. The fraction of sp³-hybridized carbons (Fsp3) is 0.280. The van der Waals surface area contributed by atoms with Crippen molar-refractivity contribution in [1.82, 2.24) is 14.3 Å². The Morgan fingerprint density at radius 2 is 1.97 bits per heavy atom. The first-order valence-corrected chi connectivity index (χ1v) is 12.1. The number of amides is 1.